The number of hydrogen-bond donors (Lipinski definition) is 0. The molecule has 0 spiro atoms. The van der Waals surface area contributed by atoms with E-state index in [0.29, 0.717) is 4.90 Å². The van der Waals surface area contributed by atoms with Crippen LogP contribution in [0.2, 0.25) is 0 Å². The first-order chi connectivity index (χ1) is 14.1. The quantitative estimate of drug-likeness (QED) is 0.614. The standard InChI is InChI=1S/C21H24F2N2O5/c1-21(2,3)30-20(27)25(12-17(22)23)18-16(11-10-15(24-18)19(26)28-4)29-13-14-8-6-5-7-9-14/h5-11,17H,12-13H2,1-4H3. The molecule has 0 saturated carbocycles. The highest BCUT2D eigenvalue weighted by molar-refractivity contribution is 5.91. The van der Waals surface area contributed by atoms with Gasteiger partial charge in [0.05, 0.1) is 13.7 Å². The van der Waals surface area contributed by atoms with E-state index in [-0.39, 0.29) is 23.9 Å². The molecular formula is C21H24F2N2O5. The molecule has 0 atom stereocenters. The number of amides is 1. The Morgan fingerprint density at radius 2 is 1.77 bits per heavy atom. The fourth-order valence-corrected chi connectivity index (χ4v) is 2.40. The maximum Gasteiger partial charge on any atom is 0.416 e. The lowest BCUT2D eigenvalue weighted by Crippen LogP contribution is -2.40. The highest BCUT2D eigenvalue weighted by Gasteiger charge is 2.30. The van der Waals surface area contributed by atoms with Gasteiger partial charge in [0.25, 0.3) is 6.43 Å². The molecule has 1 amide bonds. The molecule has 1 aromatic heterocycles. The van der Waals surface area contributed by atoms with Crippen molar-refractivity contribution >= 4 is 17.9 Å². The Hall–Kier alpha value is -3.23. The van der Waals surface area contributed by atoms with Crippen LogP contribution in [0.5, 0.6) is 5.75 Å². The molecule has 0 aliphatic rings. The lowest BCUT2D eigenvalue weighted by Gasteiger charge is -2.27. The highest BCUT2D eigenvalue weighted by Crippen LogP contribution is 2.30. The molecule has 2 aromatic rings. The number of ether oxygens (including phenoxy) is 3. The summed E-state index contributed by atoms with van der Waals surface area (Å²) in [6, 6.07) is 11.8. The van der Waals surface area contributed by atoms with Gasteiger partial charge >= 0.3 is 12.1 Å². The normalized spacial score (nSPS) is 11.2. The van der Waals surface area contributed by atoms with Gasteiger partial charge in [0.15, 0.2) is 17.3 Å². The van der Waals surface area contributed by atoms with Gasteiger partial charge in [-0.2, -0.15) is 0 Å². The molecule has 0 N–H and O–H groups in total. The van der Waals surface area contributed by atoms with E-state index in [4.69, 9.17) is 9.47 Å². The molecule has 9 heteroatoms. The lowest BCUT2D eigenvalue weighted by molar-refractivity contribution is 0.0535. The van der Waals surface area contributed by atoms with E-state index in [2.05, 4.69) is 9.72 Å². The zero-order chi connectivity index (χ0) is 22.3. The molecule has 7 nitrogen and oxygen atoms in total. The number of methoxy groups -OCH3 is 1. The number of halogens is 2. The highest BCUT2D eigenvalue weighted by atomic mass is 19.3. The summed E-state index contributed by atoms with van der Waals surface area (Å²) < 4.78 is 42.1. The number of rotatable bonds is 7. The number of anilines is 1. The first-order valence-corrected chi connectivity index (χ1v) is 9.15. The molecule has 1 aromatic carbocycles. The second-order valence-electron chi connectivity index (χ2n) is 7.27. The number of benzene rings is 1. The first kappa shape index (κ1) is 23.1. The molecule has 1 heterocycles. The number of carbonyl (C=O) groups is 2. The molecule has 0 fully saturated rings. The van der Waals surface area contributed by atoms with Crippen molar-refractivity contribution in [3.63, 3.8) is 0 Å². The van der Waals surface area contributed by atoms with Crippen molar-refractivity contribution in [2.45, 2.75) is 39.4 Å². The Kier molecular flexibility index (Phi) is 7.68. The Bertz CT molecular complexity index is 869. The van der Waals surface area contributed by atoms with Crippen LogP contribution in [0.25, 0.3) is 0 Å². The van der Waals surface area contributed by atoms with Gasteiger partial charge in [-0.1, -0.05) is 30.3 Å². The van der Waals surface area contributed by atoms with Gasteiger partial charge in [-0.25, -0.2) is 23.4 Å². The van der Waals surface area contributed by atoms with Gasteiger partial charge in [0, 0.05) is 0 Å². The zero-order valence-corrected chi connectivity index (χ0v) is 17.2. The minimum atomic E-state index is -2.87. The van der Waals surface area contributed by atoms with E-state index in [1.807, 2.05) is 30.3 Å². The van der Waals surface area contributed by atoms with E-state index in [1.165, 1.54) is 12.1 Å². The molecule has 0 aliphatic carbocycles. The van der Waals surface area contributed by atoms with E-state index < -0.39 is 30.6 Å². The fraction of sp³-hybridized carbons (Fsp3) is 0.381. The van der Waals surface area contributed by atoms with Gasteiger partial charge in [0.1, 0.15) is 12.2 Å². The van der Waals surface area contributed by atoms with Crippen LogP contribution in [0, 0.1) is 0 Å². The summed E-state index contributed by atoms with van der Waals surface area (Å²) in [6.45, 7) is 3.93. The molecule has 0 saturated heterocycles. The van der Waals surface area contributed by atoms with Gasteiger partial charge in [-0.05, 0) is 38.5 Å². The number of carbonyl (C=O) groups excluding carboxylic acids is 2. The molecule has 0 radical (unpaired) electrons. The lowest BCUT2D eigenvalue weighted by atomic mass is 10.2. The monoisotopic (exact) mass is 422 g/mol. The SMILES string of the molecule is COC(=O)c1ccc(OCc2ccccc2)c(N(CC(F)F)C(=O)OC(C)(C)C)n1. The summed E-state index contributed by atoms with van der Waals surface area (Å²) in [6.07, 6.45) is -3.91. The summed E-state index contributed by atoms with van der Waals surface area (Å²) in [4.78, 5) is 29.2. The van der Waals surface area contributed by atoms with Gasteiger partial charge in [0.2, 0.25) is 0 Å². The number of esters is 1. The van der Waals surface area contributed by atoms with E-state index in [9.17, 15) is 18.4 Å². The van der Waals surface area contributed by atoms with Crippen molar-refractivity contribution < 1.29 is 32.6 Å². The van der Waals surface area contributed by atoms with Crippen molar-refractivity contribution in [1.29, 1.82) is 0 Å². The Morgan fingerprint density at radius 1 is 1.10 bits per heavy atom. The summed E-state index contributed by atoms with van der Waals surface area (Å²) in [5.41, 5.74) is -0.275. The van der Waals surface area contributed by atoms with Crippen LogP contribution in [0.1, 0.15) is 36.8 Å². The van der Waals surface area contributed by atoms with Crippen LogP contribution < -0.4 is 9.64 Å². The predicted octanol–water partition coefficient (Wildman–Crippen LogP) is 4.45. The Labute approximate surface area is 173 Å². The average molecular weight is 422 g/mol. The minimum Gasteiger partial charge on any atom is -0.485 e. The number of hydrogen-bond acceptors (Lipinski definition) is 6. The molecule has 162 valence electrons. The van der Waals surface area contributed by atoms with Crippen LogP contribution in [0.4, 0.5) is 19.4 Å². The average Bonchev–Trinajstić information content (AvgIpc) is 2.69. The van der Waals surface area contributed by atoms with Crippen LogP contribution in [-0.2, 0) is 16.1 Å². The summed E-state index contributed by atoms with van der Waals surface area (Å²) in [5, 5.41) is 0. The smallest absolute Gasteiger partial charge is 0.416 e. The third-order valence-electron chi connectivity index (χ3n) is 3.66. The minimum absolute atomic E-state index is 0.0398. The van der Waals surface area contributed by atoms with Crippen molar-refractivity contribution in [2.75, 3.05) is 18.6 Å². The van der Waals surface area contributed by atoms with Crippen molar-refractivity contribution in [3.8, 4) is 5.75 Å². The Morgan fingerprint density at radius 3 is 2.33 bits per heavy atom. The maximum atomic E-state index is 13.3. The number of nitrogens with zero attached hydrogens (tertiary/aromatic N) is 2. The Balaban J connectivity index is 2.45. The van der Waals surface area contributed by atoms with Crippen LogP contribution in [0.15, 0.2) is 42.5 Å². The number of aromatic nitrogens is 1. The van der Waals surface area contributed by atoms with Crippen molar-refractivity contribution in [1.82, 2.24) is 4.98 Å². The zero-order valence-electron chi connectivity index (χ0n) is 17.2. The molecular weight excluding hydrogens is 398 g/mol. The topological polar surface area (TPSA) is 78.0 Å². The fourth-order valence-electron chi connectivity index (χ4n) is 2.40. The van der Waals surface area contributed by atoms with Crippen LogP contribution in [0.3, 0.4) is 0 Å². The molecule has 30 heavy (non-hydrogen) atoms. The maximum absolute atomic E-state index is 13.3. The summed E-state index contributed by atoms with van der Waals surface area (Å²) in [7, 11) is 1.16. The van der Waals surface area contributed by atoms with Gasteiger partial charge < -0.3 is 14.2 Å². The second-order valence-corrected chi connectivity index (χ2v) is 7.27. The molecule has 0 aliphatic heterocycles. The van der Waals surface area contributed by atoms with E-state index in [0.717, 1.165) is 12.7 Å². The predicted molar refractivity (Wildman–Crippen MR) is 106 cm³/mol. The number of pyridine rings is 1. The largest absolute Gasteiger partial charge is 0.485 e. The van der Waals surface area contributed by atoms with Gasteiger partial charge in [-0.3, -0.25) is 4.90 Å². The van der Waals surface area contributed by atoms with Gasteiger partial charge in [-0.15, -0.1) is 0 Å². The summed E-state index contributed by atoms with van der Waals surface area (Å²) >= 11 is 0. The molecule has 2 rings (SSSR count). The second kappa shape index (κ2) is 10.00. The van der Waals surface area contributed by atoms with E-state index in [1.54, 1.807) is 20.8 Å². The first-order valence-electron chi connectivity index (χ1n) is 9.15. The van der Waals surface area contributed by atoms with E-state index >= 15 is 0 Å². The van der Waals surface area contributed by atoms with Crippen molar-refractivity contribution in [3.05, 3.63) is 53.7 Å². The van der Waals surface area contributed by atoms with Crippen LogP contribution >= 0.6 is 0 Å². The molecule has 0 unspecified atom stereocenters. The van der Waals surface area contributed by atoms with Crippen LogP contribution in [-0.4, -0.2) is 42.7 Å². The third-order valence-corrected chi connectivity index (χ3v) is 3.66. The van der Waals surface area contributed by atoms with Crippen molar-refractivity contribution in [2.24, 2.45) is 0 Å². The number of alkyl halides is 2. The summed E-state index contributed by atoms with van der Waals surface area (Å²) in [5.74, 6) is -1.01. The molecule has 0 bridgehead atoms. The third kappa shape index (κ3) is 6.68.